The van der Waals surface area contributed by atoms with Crippen LogP contribution in [0, 0.1) is 5.92 Å². The third kappa shape index (κ3) is 3.17. The molecule has 0 spiro atoms. The van der Waals surface area contributed by atoms with Crippen molar-refractivity contribution in [3.8, 4) is 0 Å². The van der Waals surface area contributed by atoms with E-state index in [1.807, 2.05) is 36.4 Å². The maximum Gasteiger partial charge on any atom is 0.228 e. The Labute approximate surface area is 159 Å². The lowest BCUT2D eigenvalue weighted by molar-refractivity contribution is -0.117. The van der Waals surface area contributed by atoms with Crippen LogP contribution in [0.1, 0.15) is 34.8 Å². The van der Waals surface area contributed by atoms with Crippen LogP contribution in [0.2, 0.25) is 0 Å². The fourth-order valence-electron chi connectivity index (χ4n) is 3.87. The summed E-state index contributed by atoms with van der Waals surface area (Å²) in [4.78, 5) is 24.4. The van der Waals surface area contributed by atoms with E-state index in [1.54, 1.807) is 24.3 Å². The molecule has 134 valence electrons. The molecule has 0 aromatic heterocycles. The monoisotopic (exact) mass is 355 g/mol. The number of amides is 1. The van der Waals surface area contributed by atoms with E-state index in [-0.39, 0.29) is 23.0 Å². The zero-order valence-corrected chi connectivity index (χ0v) is 15.2. The highest BCUT2D eigenvalue weighted by molar-refractivity contribution is 5.98. The molecule has 0 radical (unpaired) electrons. The zero-order valence-electron chi connectivity index (χ0n) is 15.2. The molecule has 0 bridgehead atoms. The Morgan fingerprint density at radius 3 is 1.81 bits per heavy atom. The average Bonchev–Trinajstić information content (AvgIpc) is 3.47. The van der Waals surface area contributed by atoms with Gasteiger partial charge in [0.15, 0.2) is 5.78 Å². The summed E-state index contributed by atoms with van der Waals surface area (Å²) in [7, 11) is 0. The van der Waals surface area contributed by atoms with E-state index in [4.69, 9.17) is 0 Å². The van der Waals surface area contributed by atoms with Gasteiger partial charge in [-0.15, -0.1) is 0 Å². The lowest BCUT2D eigenvalue weighted by Gasteiger charge is -2.19. The summed E-state index contributed by atoms with van der Waals surface area (Å²) in [5.41, 5.74) is 3.42. The molecule has 0 saturated heterocycles. The van der Waals surface area contributed by atoms with Gasteiger partial charge in [0.1, 0.15) is 0 Å². The summed E-state index contributed by atoms with van der Waals surface area (Å²) < 4.78 is 0. The van der Waals surface area contributed by atoms with E-state index >= 15 is 0 Å². The summed E-state index contributed by atoms with van der Waals surface area (Å²) in [5.74, 6) is -0.0877. The Balaban J connectivity index is 1.60. The number of ketones is 1. The van der Waals surface area contributed by atoms with Crippen LogP contribution in [0.15, 0.2) is 84.9 Å². The van der Waals surface area contributed by atoms with Crippen LogP contribution in [-0.2, 0) is 10.2 Å². The van der Waals surface area contributed by atoms with Crippen molar-refractivity contribution in [2.45, 2.75) is 18.8 Å². The Bertz CT molecular complexity index is 923. The van der Waals surface area contributed by atoms with E-state index in [2.05, 4.69) is 29.6 Å². The fourth-order valence-corrected chi connectivity index (χ4v) is 3.87. The first-order valence-corrected chi connectivity index (χ1v) is 9.14. The van der Waals surface area contributed by atoms with Crippen molar-refractivity contribution in [2.75, 3.05) is 5.32 Å². The summed E-state index contributed by atoms with van der Waals surface area (Å²) in [6.45, 7) is 1.53. The molecule has 3 aromatic rings. The second-order valence-electron chi connectivity index (χ2n) is 7.08. The maximum atomic E-state index is 13.0. The van der Waals surface area contributed by atoms with Crippen LogP contribution in [0.3, 0.4) is 0 Å². The van der Waals surface area contributed by atoms with Gasteiger partial charge in [-0.25, -0.2) is 0 Å². The van der Waals surface area contributed by atoms with Gasteiger partial charge in [0.2, 0.25) is 5.91 Å². The molecule has 1 aliphatic carbocycles. The number of carbonyl (C=O) groups is 2. The van der Waals surface area contributed by atoms with Crippen molar-refractivity contribution in [1.82, 2.24) is 0 Å². The molecule has 0 aliphatic heterocycles. The van der Waals surface area contributed by atoms with Crippen molar-refractivity contribution in [2.24, 2.45) is 5.92 Å². The van der Waals surface area contributed by atoms with Crippen LogP contribution in [0.5, 0.6) is 0 Å². The summed E-state index contributed by atoms with van der Waals surface area (Å²) in [5, 5.41) is 3.01. The largest absolute Gasteiger partial charge is 0.326 e. The maximum absolute atomic E-state index is 13.0. The van der Waals surface area contributed by atoms with Crippen LogP contribution < -0.4 is 5.32 Å². The summed E-state index contributed by atoms with van der Waals surface area (Å²) in [6, 6.07) is 27.5. The first-order chi connectivity index (χ1) is 13.1. The van der Waals surface area contributed by atoms with Gasteiger partial charge in [0.25, 0.3) is 0 Å². The number of carbonyl (C=O) groups excluding carboxylic acids is 2. The first-order valence-electron chi connectivity index (χ1n) is 9.14. The zero-order chi connectivity index (χ0) is 18.9. The molecule has 0 unspecified atom stereocenters. The number of anilines is 1. The van der Waals surface area contributed by atoms with Gasteiger partial charge in [0, 0.05) is 16.7 Å². The molecule has 1 N–H and O–H groups in total. The molecular formula is C24H21NO2. The topological polar surface area (TPSA) is 46.2 Å². The first kappa shape index (κ1) is 17.2. The van der Waals surface area contributed by atoms with Crippen molar-refractivity contribution >= 4 is 17.4 Å². The van der Waals surface area contributed by atoms with Gasteiger partial charge >= 0.3 is 0 Å². The molecule has 1 aliphatic rings. The lowest BCUT2D eigenvalue weighted by Crippen LogP contribution is -2.22. The Kier molecular flexibility index (Phi) is 4.36. The van der Waals surface area contributed by atoms with Crippen molar-refractivity contribution in [1.29, 1.82) is 0 Å². The quantitative estimate of drug-likeness (QED) is 0.666. The molecule has 0 heterocycles. The molecule has 1 saturated carbocycles. The Hall–Kier alpha value is -3.20. The van der Waals surface area contributed by atoms with E-state index < -0.39 is 0 Å². The SMILES string of the molecule is CC(=O)c1ccc(NC(=O)[C@H]2CC2(c2ccccc2)c2ccccc2)cc1. The fraction of sp³-hybridized carbons (Fsp3) is 0.167. The predicted molar refractivity (Wildman–Crippen MR) is 107 cm³/mol. The summed E-state index contributed by atoms with van der Waals surface area (Å²) >= 11 is 0. The Morgan fingerprint density at radius 2 is 1.33 bits per heavy atom. The molecule has 1 fully saturated rings. The molecule has 3 heteroatoms. The average molecular weight is 355 g/mol. The van der Waals surface area contributed by atoms with Gasteiger partial charge in [-0.2, -0.15) is 0 Å². The standard InChI is InChI=1S/C24H21NO2/c1-17(26)18-12-14-21(15-13-18)25-23(27)22-16-24(22,19-8-4-2-5-9-19)20-10-6-3-7-11-20/h2-15,22H,16H2,1H3,(H,25,27)/t22-/m1/s1. The van der Waals surface area contributed by atoms with Crippen LogP contribution >= 0.6 is 0 Å². The minimum Gasteiger partial charge on any atom is -0.326 e. The molecule has 27 heavy (non-hydrogen) atoms. The van der Waals surface area contributed by atoms with Crippen molar-refractivity contribution < 1.29 is 9.59 Å². The normalized spacial score (nSPS) is 17.1. The van der Waals surface area contributed by atoms with Crippen LogP contribution in [0.25, 0.3) is 0 Å². The van der Waals surface area contributed by atoms with E-state index in [9.17, 15) is 9.59 Å². The highest BCUT2D eigenvalue weighted by Crippen LogP contribution is 2.59. The molecular weight excluding hydrogens is 334 g/mol. The third-order valence-corrected chi connectivity index (χ3v) is 5.41. The highest BCUT2D eigenvalue weighted by Gasteiger charge is 2.60. The number of hydrogen-bond donors (Lipinski definition) is 1. The van der Waals surface area contributed by atoms with E-state index in [0.717, 1.165) is 6.42 Å². The minimum atomic E-state index is -0.272. The molecule has 4 rings (SSSR count). The third-order valence-electron chi connectivity index (χ3n) is 5.41. The van der Waals surface area contributed by atoms with Gasteiger partial charge in [-0.3, -0.25) is 9.59 Å². The van der Waals surface area contributed by atoms with Crippen LogP contribution in [0.4, 0.5) is 5.69 Å². The highest BCUT2D eigenvalue weighted by atomic mass is 16.2. The number of hydrogen-bond acceptors (Lipinski definition) is 2. The van der Waals surface area contributed by atoms with Gasteiger partial charge in [0.05, 0.1) is 5.92 Å². The second-order valence-corrected chi connectivity index (χ2v) is 7.08. The number of rotatable bonds is 5. The number of nitrogens with one attached hydrogen (secondary N) is 1. The van der Waals surface area contributed by atoms with E-state index in [1.165, 1.54) is 18.1 Å². The van der Waals surface area contributed by atoms with Crippen molar-refractivity contribution in [3.05, 3.63) is 102 Å². The summed E-state index contributed by atoms with van der Waals surface area (Å²) in [6.07, 6.45) is 0.790. The predicted octanol–water partition coefficient (Wildman–Crippen LogP) is 4.83. The van der Waals surface area contributed by atoms with Gasteiger partial charge < -0.3 is 5.32 Å². The number of benzene rings is 3. The number of Topliss-reactive ketones (excluding diaryl/α,β-unsaturated/α-hetero) is 1. The minimum absolute atomic E-state index is 0.0123. The van der Waals surface area contributed by atoms with Gasteiger partial charge in [-0.1, -0.05) is 60.7 Å². The second kappa shape index (κ2) is 6.84. The van der Waals surface area contributed by atoms with Gasteiger partial charge in [-0.05, 0) is 48.7 Å². The van der Waals surface area contributed by atoms with E-state index in [0.29, 0.717) is 11.3 Å². The van der Waals surface area contributed by atoms with Crippen molar-refractivity contribution in [3.63, 3.8) is 0 Å². The molecule has 3 aromatic carbocycles. The lowest BCUT2D eigenvalue weighted by atomic mass is 9.85. The van der Waals surface area contributed by atoms with Crippen LogP contribution in [-0.4, -0.2) is 11.7 Å². The molecule has 1 atom stereocenters. The Morgan fingerprint density at radius 1 is 0.815 bits per heavy atom. The molecule has 3 nitrogen and oxygen atoms in total. The smallest absolute Gasteiger partial charge is 0.228 e. The molecule has 1 amide bonds.